The summed E-state index contributed by atoms with van der Waals surface area (Å²) in [6.07, 6.45) is -0.556. The van der Waals surface area contributed by atoms with Crippen LogP contribution in [0.15, 0.2) is 0 Å². The highest BCUT2D eigenvalue weighted by Gasteiger charge is 1.93. The minimum atomic E-state index is -0.560. The topological polar surface area (TPSA) is 69.9 Å². The second kappa shape index (κ2) is 10.8. The molecule has 0 bridgehead atoms. The zero-order valence-corrected chi connectivity index (χ0v) is 8.03. The molecule has 0 aromatic carbocycles. The molecule has 0 radical (unpaired) electrons. The molecule has 76 valence electrons. The van der Waals surface area contributed by atoms with E-state index in [9.17, 15) is 0 Å². The highest BCUT2D eigenvalue weighted by molar-refractivity contribution is 4.40. The summed E-state index contributed by atoms with van der Waals surface area (Å²) < 4.78 is 4.94. The Morgan fingerprint density at radius 3 is 1.67 bits per heavy atom. The number of aliphatic hydroxyl groups excluding tert-OH is 3. The standard InChI is InChI=1S/C5H12O2.C3H8O2/c1-3-7-5(2)4-6;1-3(5)2-4/h5-6H,3-4H2,1-2H3;3-5H,2H2,1H3. The fraction of sp³-hybridized carbons (Fsp3) is 1.00. The number of hydrogen-bond donors (Lipinski definition) is 3. The van der Waals surface area contributed by atoms with E-state index in [2.05, 4.69) is 0 Å². The Balaban J connectivity index is 0. The highest BCUT2D eigenvalue weighted by atomic mass is 16.5. The number of hydrogen-bond acceptors (Lipinski definition) is 4. The van der Waals surface area contributed by atoms with Gasteiger partial charge >= 0.3 is 0 Å². The average Bonchev–Trinajstić information content (AvgIpc) is 2.06. The molecule has 0 saturated carbocycles. The van der Waals surface area contributed by atoms with Crippen LogP contribution in [-0.4, -0.2) is 47.3 Å². The SMILES string of the molecule is CC(O)CO.CCOC(C)CO. The van der Waals surface area contributed by atoms with Crippen LogP contribution >= 0.6 is 0 Å². The van der Waals surface area contributed by atoms with Crippen LogP contribution in [0, 0.1) is 0 Å². The van der Waals surface area contributed by atoms with Crippen LogP contribution in [0.25, 0.3) is 0 Å². The van der Waals surface area contributed by atoms with Crippen LogP contribution in [0.3, 0.4) is 0 Å². The van der Waals surface area contributed by atoms with E-state index in [1.54, 1.807) is 0 Å². The lowest BCUT2D eigenvalue weighted by Crippen LogP contribution is -2.11. The average molecular weight is 180 g/mol. The molecule has 12 heavy (non-hydrogen) atoms. The van der Waals surface area contributed by atoms with Crippen LogP contribution in [-0.2, 0) is 4.74 Å². The number of aliphatic hydroxyl groups is 3. The van der Waals surface area contributed by atoms with Crippen molar-refractivity contribution in [3.8, 4) is 0 Å². The van der Waals surface area contributed by atoms with Crippen molar-refractivity contribution in [2.75, 3.05) is 19.8 Å². The maximum atomic E-state index is 8.34. The first kappa shape index (κ1) is 14.4. The molecule has 4 nitrogen and oxygen atoms in total. The molecule has 0 saturated heterocycles. The molecule has 0 spiro atoms. The molecule has 2 atom stereocenters. The molecule has 0 aliphatic heterocycles. The van der Waals surface area contributed by atoms with Gasteiger partial charge in [0.05, 0.1) is 25.4 Å². The summed E-state index contributed by atoms with van der Waals surface area (Å²) in [4.78, 5) is 0. The van der Waals surface area contributed by atoms with E-state index in [1.807, 2.05) is 13.8 Å². The minimum Gasteiger partial charge on any atom is -0.394 e. The Morgan fingerprint density at radius 1 is 1.17 bits per heavy atom. The molecule has 0 fully saturated rings. The van der Waals surface area contributed by atoms with E-state index in [4.69, 9.17) is 20.1 Å². The lowest BCUT2D eigenvalue weighted by molar-refractivity contribution is 0.0325. The Morgan fingerprint density at radius 2 is 1.58 bits per heavy atom. The van der Waals surface area contributed by atoms with E-state index in [0.29, 0.717) is 6.61 Å². The zero-order valence-electron chi connectivity index (χ0n) is 8.03. The summed E-state index contributed by atoms with van der Waals surface area (Å²) in [6.45, 7) is 5.94. The smallest absolute Gasteiger partial charge is 0.0777 e. The van der Waals surface area contributed by atoms with Gasteiger partial charge in [-0.25, -0.2) is 0 Å². The molecule has 0 aliphatic carbocycles. The van der Waals surface area contributed by atoms with Crippen molar-refractivity contribution in [2.45, 2.75) is 33.0 Å². The van der Waals surface area contributed by atoms with Crippen LogP contribution in [0.5, 0.6) is 0 Å². The van der Waals surface area contributed by atoms with E-state index in [0.717, 1.165) is 0 Å². The molecule has 0 amide bonds. The first-order valence-corrected chi connectivity index (χ1v) is 4.09. The molecule has 0 rings (SSSR count). The number of rotatable bonds is 4. The summed E-state index contributed by atoms with van der Waals surface area (Å²) in [7, 11) is 0. The van der Waals surface area contributed by atoms with Gasteiger partial charge in [-0.15, -0.1) is 0 Å². The van der Waals surface area contributed by atoms with Crippen LogP contribution < -0.4 is 0 Å². The van der Waals surface area contributed by atoms with Crippen molar-refractivity contribution in [3.05, 3.63) is 0 Å². The molecule has 0 aromatic heterocycles. The fourth-order valence-electron chi connectivity index (χ4n) is 0.337. The first-order chi connectivity index (χ1) is 5.58. The maximum Gasteiger partial charge on any atom is 0.0777 e. The van der Waals surface area contributed by atoms with Gasteiger partial charge in [-0.2, -0.15) is 0 Å². The van der Waals surface area contributed by atoms with Crippen molar-refractivity contribution in [1.29, 1.82) is 0 Å². The van der Waals surface area contributed by atoms with Gasteiger partial charge < -0.3 is 20.1 Å². The van der Waals surface area contributed by atoms with Crippen molar-refractivity contribution in [3.63, 3.8) is 0 Å². The summed E-state index contributed by atoms with van der Waals surface area (Å²) in [5, 5.41) is 24.3. The Labute approximate surface area is 73.8 Å². The van der Waals surface area contributed by atoms with Gasteiger partial charge in [0.15, 0.2) is 0 Å². The molecule has 0 aliphatic rings. The van der Waals surface area contributed by atoms with E-state index >= 15 is 0 Å². The molecule has 0 aromatic rings. The lowest BCUT2D eigenvalue weighted by atomic mass is 10.4. The molecule has 3 N–H and O–H groups in total. The monoisotopic (exact) mass is 180 g/mol. The molecule has 0 heterocycles. The van der Waals surface area contributed by atoms with Crippen molar-refractivity contribution in [2.24, 2.45) is 0 Å². The van der Waals surface area contributed by atoms with Crippen molar-refractivity contribution < 1.29 is 20.1 Å². The second-order valence-corrected chi connectivity index (χ2v) is 2.48. The first-order valence-electron chi connectivity index (χ1n) is 4.09. The summed E-state index contributed by atoms with van der Waals surface area (Å²) >= 11 is 0. The van der Waals surface area contributed by atoms with Crippen molar-refractivity contribution >= 4 is 0 Å². The predicted octanol–water partition coefficient (Wildman–Crippen LogP) is -0.237. The molecular formula is C8H20O4. The third-order valence-corrected chi connectivity index (χ3v) is 0.973. The van der Waals surface area contributed by atoms with E-state index in [-0.39, 0.29) is 19.3 Å². The van der Waals surface area contributed by atoms with Crippen molar-refractivity contribution in [1.82, 2.24) is 0 Å². The fourth-order valence-corrected chi connectivity index (χ4v) is 0.337. The molecular weight excluding hydrogens is 160 g/mol. The van der Waals surface area contributed by atoms with Gasteiger partial charge in [0.25, 0.3) is 0 Å². The normalized spacial score (nSPS) is 14.5. The van der Waals surface area contributed by atoms with E-state index < -0.39 is 6.10 Å². The van der Waals surface area contributed by atoms with Gasteiger partial charge in [-0.1, -0.05) is 0 Å². The summed E-state index contributed by atoms with van der Waals surface area (Å²) in [6, 6.07) is 0. The van der Waals surface area contributed by atoms with Gasteiger partial charge in [0.2, 0.25) is 0 Å². The van der Waals surface area contributed by atoms with Crippen LogP contribution in [0.1, 0.15) is 20.8 Å². The number of ether oxygens (including phenoxy) is 1. The van der Waals surface area contributed by atoms with Gasteiger partial charge in [0.1, 0.15) is 0 Å². The highest BCUT2D eigenvalue weighted by Crippen LogP contribution is 1.84. The van der Waals surface area contributed by atoms with Crippen LogP contribution in [0.4, 0.5) is 0 Å². The Hall–Kier alpha value is -0.160. The molecule has 2 unspecified atom stereocenters. The lowest BCUT2D eigenvalue weighted by Gasteiger charge is -2.04. The van der Waals surface area contributed by atoms with Gasteiger partial charge in [-0.05, 0) is 20.8 Å². The second-order valence-electron chi connectivity index (χ2n) is 2.48. The third-order valence-electron chi connectivity index (χ3n) is 0.973. The van der Waals surface area contributed by atoms with Gasteiger partial charge in [-0.3, -0.25) is 0 Å². The third kappa shape index (κ3) is 16.4. The quantitative estimate of drug-likeness (QED) is 0.558. The van der Waals surface area contributed by atoms with Crippen LogP contribution in [0.2, 0.25) is 0 Å². The zero-order chi connectivity index (χ0) is 9.98. The predicted molar refractivity (Wildman–Crippen MR) is 46.9 cm³/mol. The van der Waals surface area contributed by atoms with Gasteiger partial charge in [0, 0.05) is 6.61 Å². The summed E-state index contributed by atoms with van der Waals surface area (Å²) in [5.41, 5.74) is 0. The molecule has 4 heteroatoms. The Kier molecular flexibility index (Phi) is 13.0. The Bertz CT molecular complexity index is 75.5. The largest absolute Gasteiger partial charge is 0.394 e. The summed E-state index contributed by atoms with van der Waals surface area (Å²) in [5.74, 6) is 0. The maximum absolute atomic E-state index is 8.34. The minimum absolute atomic E-state index is 0.00463. The van der Waals surface area contributed by atoms with E-state index in [1.165, 1.54) is 6.92 Å².